The van der Waals surface area contributed by atoms with Crippen LogP contribution in [0.3, 0.4) is 0 Å². The molecule has 0 radical (unpaired) electrons. The van der Waals surface area contributed by atoms with Crippen molar-refractivity contribution in [3.63, 3.8) is 0 Å². The third-order valence-electron chi connectivity index (χ3n) is 4.89. The van der Waals surface area contributed by atoms with E-state index in [2.05, 4.69) is 20.4 Å². The molecule has 2 heteroatoms. The Kier molecular flexibility index (Phi) is 3.44. The second-order valence-electron chi connectivity index (χ2n) is 6.23. The maximum absolute atomic E-state index is 11.8. The molecule has 0 aliphatic heterocycles. The number of ketones is 1. The van der Waals surface area contributed by atoms with Gasteiger partial charge >= 0.3 is 0 Å². The normalized spacial score (nSPS) is 41.7. The average molecular weight is 236 g/mol. The summed E-state index contributed by atoms with van der Waals surface area (Å²) in [7, 11) is 0. The van der Waals surface area contributed by atoms with Crippen molar-refractivity contribution in [3.05, 3.63) is 12.2 Å². The van der Waals surface area contributed by atoms with E-state index in [-0.39, 0.29) is 17.9 Å². The van der Waals surface area contributed by atoms with Crippen molar-refractivity contribution in [2.75, 3.05) is 0 Å². The number of carbonyl (C=O) groups excluding carboxylic acids is 1. The van der Waals surface area contributed by atoms with E-state index in [0.717, 1.165) is 19.3 Å². The van der Waals surface area contributed by atoms with Crippen molar-refractivity contribution in [2.24, 2.45) is 29.6 Å². The van der Waals surface area contributed by atoms with Crippen LogP contribution in [0.2, 0.25) is 0 Å². The largest absolute Gasteiger partial charge is 0.392 e. The van der Waals surface area contributed by atoms with Crippen LogP contribution in [0.15, 0.2) is 12.2 Å². The number of rotatable bonds is 2. The molecule has 0 aromatic rings. The van der Waals surface area contributed by atoms with Gasteiger partial charge in [-0.1, -0.05) is 26.0 Å². The van der Waals surface area contributed by atoms with Crippen LogP contribution in [0, 0.1) is 29.6 Å². The maximum atomic E-state index is 11.8. The van der Waals surface area contributed by atoms with Crippen LogP contribution in [0.5, 0.6) is 0 Å². The fourth-order valence-corrected chi connectivity index (χ4v) is 4.21. The zero-order valence-electron chi connectivity index (χ0n) is 11.1. The van der Waals surface area contributed by atoms with Gasteiger partial charge in [-0.05, 0) is 49.9 Å². The molecule has 0 heterocycles. The standard InChI is InChI=1S/C15H24O2/c1-8(2)14-13(17)7-9(3)11-5-6-12(10(4)16)15(11)14/h8,11-15,17H,3,5-7H2,1-2,4H3/t11-,12+,13-,14+,15-/m0/s1. The molecule has 17 heavy (non-hydrogen) atoms. The van der Waals surface area contributed by atoms with Gasteiger partial charge in [-0.2, -0.15) is 0 Å². The van der Waals surface area contributed by atoms with E-state index in [1.165, 1.54) is 5.57 Å². The van der Waals surface area contributed by atoms with Crippen LogP contribution < -0.4 is 0 Å². The molecule has 2 rings (SSSR count). The van der Waals surface area contributed by atoms with Crippen molar-refractivity contribution < 1.29 is 9.90 Å². The van der Waals surface area contributed by atoms with E-state index < -0.39 is 0 Å². The second-order valence-corrected chi connectivity index (χ2v) is 6.23. The highest BCUT2D eigenvalue weighted by atomic mass is 16.3. The van der Waals surface area contributed by atoms with Crippen LogP contribution in [0.25, 0.3) is 0 Å². The molecule has 1 N–H and O–H groups in total. The number of aliphatic hydroxyl groups excluding tert-OH is 1. The molecule has 0 bridgehead atoms. The van der Waals surface area contributed by atoms with E-state index >= 15 is 0 Å². The Hall–Kier alpha value is -0.630. The van der Waals surface area contributed by atoms with Gasteiger partial charge in [0.25, 0.3) is 0 Å². The lowest BCUT2D eigenvalue weighted by Crippen LogP contribution is -2.43. The fourth-order valence-electron chi connectivity index (χ4n) is 4.21. The second kappa shape index (κ2) is 4.56. The van der Waals surface area contributed by atoms with Gasteiger partial charge in [-0.15, -0.1) is 0 Å². The monoisotopic (exact) mass is 236 g/mol. The topological polar surface area (TPSA) is 37.3 Å². The summed E-state index contributed by atoms with van der Waals surface area (Å²) in [4.78, 5) is 11.8. The molecule has 0 aromatic carbocycles. The molecule has 0 spiro atoms. The summed E-state index contributed by atoms with van der Waals surface area (Å²) in [5, 5.41) is 10.3. The Morgan fingerprint density at radius 2 is 2.06 bits per heavy atom. The molecule has 2 aliphatic carbocycles. The number of fused-ring (bicyclic) bond motifs is 1. The fraction of sp³-hybridized carbons (Fsp3) is 0.800. The van der Waals surface area contributed by atoms with E-state index in [1.807, 2.05) is 0 Å². The minimum atomic E-state index is -0.302. The van der Waals surface area contributed by atoms with Crippen molar-refractivity contribution in [1.29, 1.82) is 0 Å². The molecular formula is C15H24O2. The van der Waals surface area contributed by atoms with E-state index in [9.17, 15) is 9.90 Å². The van der Waals surface area contributed by atoms with Crippen molar-refractivity contribution >= 4 is 5.78 Å². The van der Waals surface area contributed by atoms with Gasteiger partial charge in [-0.3, -0.25) is 4.79 Å². The smallest absolute Gasteiger partial charge is 0.133 e. The SMILES string of the molecule is C=C1C[C@H](O)[C@@H](C(C)C)[C@@H]2[C@@H](C(C)=O)CC[C@@H]12. The zero-order chi connectivity index (χ0) is 12.7. The Labute approximate surface area is 104 Å². The summed E-state index contributed by atoms with van der Waals surface area (Å²) in [5.41, 5.74) is 1.17. The van der Waals surface area contributed by atoms with Gasteiger partial charge in [0.15, 0.2) is 0 Å². The maximum Gasteiger partial charge on any atom is 0.133 e. The lowest BCUT2D eigenvalue weighted by Gasteiger charge is -2.43. The molecule has 2 aliphatic rings. The van der Waals surface area contributed by atoms with Crippen molar-refractivity contribution in [1.82, 2.24) is 0 Å². The lowest BCUT2D eigenvalue weighted by molar-refractivity contribution is -0.124. The zero-order valence-corrected chi connectivity index (χ0v) is 11.1. The number of carbonyl (C=O) groups is 1. The van der Waals surface area contributed by atoms with Gasteiger partial charge in [0.05, 0.1) is 6.10 Å². The summed E-state index contributed by atoms with van der Waals surface area (Å²) in [5.74, 6) is 1.96. The molecule has 0 aromatic heterocycles. The molecule has 0 saturated heterocycles. The first-order chi connectivity index (χ1) is 7.93. The number of aliphatic hydroxyl groups is 1. The van der Waals surface area contributed by atoms with Crippen molar-refractivity contribution in [3.8, 4) is 0 Å². The number of hydrogen-bond acceptors (Lipinski definition) is 2. The molecule has 0 amide bonds. The third-order valence-corrected chi connectivity index (χ3v) is 4.89. The van der Waals surface area contributed by atoms with Gasteiger partial charge < -0.3 is 5.11 Å². The first kappa shape index (κ1) is 12.8. The van der Waals surface area contributed by atoms with E-state index in [0.29, 0.717) is 23.5 Å². The van der Waals surface area contributed by atoms with Gasteiger partial charge in [0.2, 0.25) is 0 Å². The van der Waals surface area contributed by atoms with Crippen molar-refractivity contribution in [2.45, 2.75) is 46.1 Å². The van der Waals surface area contributed by atoms with Crippen LogP contribution >= 0.6 is 0 Å². The molecular weight excluding hydrogens is 212 g/mol. The molecule has 2 fully saturated rings. The summed E-state index contributed by atoms with van der Waals surface area (Å²) in [6.45, 7) is 10.1. The van der Waals surface area contributed by atoms with Gasteiger partial charge in [0.1, 0.15) is 5.78 Å². The summed E-state index contributed by atoms with van der Waals surface area (Å²) in [6, 6.07) is 0. The Bertz CT molecular complexity index is 326. The Balaban J connectivity index is 2.32. The van der Waals surface area contributed by atoms with E-state index in [4.69, 9.17) is 0 Å². The Morgan fingerprint density at radius 1 is 1.41 bits per heavy atom. The highest BCUT2D eigenvalue weighted by Gasteiger charge is 2.50. The predicted molar refractivity (Wildman–Crippen MR) is 68.5 cm³/mol. The molecule has 96 valence electrons. The summed E-state index contributed by atoms with van der Waals surface area (Å²) < 4.78 is 0. The number of Topliss-reactive ketones (excluding diaryl/α,β-unsaturated/α-hetero) is 1. The molecule has 5 atom stereocenters. The van der Waals surface area contributed by atoms with Gasteiger partial charge in [0, 0.05) is 5.92 Å². The average Bonchev–Trinajstić information content (AvgIpc) is 2.61. The quantitative estimate of drug-likeness (QED) is 0.749. The van der Waals surface area contributed by atoms with Crippen LogP contribution in [0.1, 0.15) is 40.0 Å². The third kappa shape index (κ3) is 2.08. The lowest BCUT2D eigenvalue weighted by atomic mass is 9.63. The predicted octanol–water partition coefficient (Wildman–Crippen LogP) is 2.81. The highest BCUT2D eigenvalue weighted by molar-refractivity contribution is 5.79. The van der Waals surface area contributed by atoms with Crippen LogP contribution in [-0.4, -0.2) is 17.0 Å². The molecule has 2 saturated carbocycles. The minimum absolute atomic E-state index is 0.152. The highest BCUT2D eigenvalue weighted by Crippen LogP contribution is 2.52. The Morgan fingerprint density at radius 3 is 2.59 bits per heavy atom. The molecule has 0 unspecified atom stereocenters. The first-order valence-corrected chi connectivity index (χ1v) is 6.79. The van der Waals surface area contributed by atoms with Gasteiger partial charge in [-0.25, -0.2) is 0 Å². The minimum Gasteiger partial charge on any atom is -0.392 e. The first-order valence-electron chi connectivity index (χ1n) is 6.79. The van der Waals surface area contributed by atoms with E-state index in [1.54, 1.807) is 6.92 Å². The summed E-state index contributed by atoms with van der Waals surface area (Å²) >= 11 is 0. The van der Waals surface area contributed by atoms with Crippen LogP contribution in [0.4, 0.5) is 0 Å². The molecule has 2 nitrogen and oxygen atoms in total. The number of hydrogen-bond donors (Lipinski definition) is 1. The van der Waals surface area contributed by atoms with Crippen LogP contribution in [-0.2, 0) is 4.79 Å². The summed E-state index contributed by atoms with van der Waals surface area (Å²) in [6.07, 6.45) is 2.50.